The van der Waals surface area contributed by atoms with Gasteiger partial charge in [-0.1, -0.05) is 72.8 Å². The Morgan fingerprint density at radius 3 is 2.55 bits per heavy atom. The Morgan fingerprint density at radius 2 is 1.76 bits per heavy atom. The first-order valence-corrected chi connectivity index (χ1v) is 13.9. The fourth-order valence-electron chi connectivity index (χ4n) is 4.51. The number of hydrogen-bond acceptors (Lipinski definition) is 5. The second-order valence-electron chi connectivity index (χ2n) is 8.35. The van der Waals surface area contributed by atoms with Crippen molar-refractivity contribution < 1.29 is 17.9 Å². The molecule has 2 aliphatic rings. The summed E-state index contributed by atoms with van der Waals surface area (Å²) in [6.07, 6.45) is 0.444. The number of nitrogens with zero attached hydrogens (tertiary/aromatic N) is 1. The first-order valence-electron chi connectivity index (χ1n) is 11.1. The van der Waals surface area contributed by atoms with Crippen molar-refractivity contribution in [2.24, 2.45) is 0 Å². The summed E-state index contributed by atoms with van der Waals surface area (Å²) in [4.78, 5) is 16.5. The second-order valence-corrected chi connectivity index (χ2v) is 11.7. The summed E-state index contributed by atoms with van der Waals surface area (Å²) in [6.45, 7) is 0.785. The van der Waals surface area contributed by atoms with Gasteiger partial charge >= 0.3 is 0 Å². The van der Waals surface area contributed by atoms with Gasteiger partial charge in [0.1, 0.15) is 0 Å². The number of amides is 1. The Bertz CT molecular complexity index is 1310. The number of rotatable bonds is 5. The predicted molar refractivity (Wildman–Crippen MR) is 133 cm³/mol. The van der Waals surface area contributed by atoms with Gasteiger partial charge in [-0.3, -0.25) is 4.79 Å². The molecule has 3 aromatic carbocycles. The number of carbonyl (C=O) groups excluding carboxylic acids is 1. The monoisotopic (exact) mass is 479 g/mol. The Hall–Kier alpha value is -2.77. The lowest BCUT2D eigenvalue weighted by Crippen LogP contribution is -2.42. The normalized spacial score (nSPS) is 19.9. The Balaban J connectivity index is 1.57. The summed E-state index contributed by atoms with van der Waals surface area (Å²) >= 11 is 1.61. The summed E-state index contributed by atoms with van der Waals surface area (Å²) in [7, 11) is -3.16. The molecule has 0 aliphatic carbocycles. The summed E-state index contributed by atoms with van der Waals surface area (Å²) in [5.74, 6) is 0.947. The van der Waals surface area contributed by atoms with Gasteiger partial charge in [-0.15, -0.1) is 11.8 Å². The van der Waals surface area contributed by atoms with E-state index in [1.165, 1.54) is 0 Å². The smallest absolute Gasteiger partial charge is 0.290 e. The van der Waals surface area contributed by atoms with Crippen molar-refractivity contribution in [3.8, 4) is 0 Å². The average molecular weight is 480 g/mol. The van der Waals surface area contributed by atoms with Crippen molar-refractivity contribution in [1.29, 1.82) is 0 Å². The minimum atomic E-state index is -3.16. The van der Waals surface area contributed by atoms with Gasteiger partial charge in [0.05, 0.1) is 23.0 Å². The molecule has 170 valence electrons. The van der Waals surface area contributed by atoms with Crippen molar-refractivity contribution in [3.63, 3.8) is 0 Å². The third-order valence-electron chi connectivity index (χ3n) is 6.14. The van der Waals surface area contributed by atoms with Crippen LogP contribution in [-0.2, 0) is 25.9 Å². The summed E-state index contributed by atoms with van der Waals surface area (Å²) in [5.41, 5.74) is 1.94. The maximum Gasteiger partial charge on any atom is 0.290 e. The quantitative estimate of drug-likeness (QED) is 0.540. The first-order chi connectivity index (χ1) is 16.0. The zero-order valence-corrected chi connectivity index (χ0v) is 19.8. The van der Waals surface area contributed by atoms with Crippen LogP contribution in [0.3, 0.4) is 0 Å². The summed E-state index contributed by atoms with van der Waals surface area (Å²) in [5, 5.41) is 2.16. The molecular formula is C26H25NO4S2. The van der Waals surface area contributed by atoms with E-state index in [4.69, 9.17) is 4.74 Å². The SMILES string of the molecule is O=C(C1=C(c2ccccc2)SCCO1)N(Cc1cccc2ccccc12)[C@@H]1CCS(=O)(=O)C1. The minimum absolute atomic E-state index is 0.00933. The molecule has 1 saturated heterocycles. The molecule has 1 amide bonds. The predicted octanol–water partition coefficient (Wildman–Crippen LogP) is 4.49. The number of fused-ring (bicyclic) bond motifs is 1. The fourth-order valence-corrected chi connectivity index (χ4v) is 7.20. The third-order valence-corrected chi connectivity index (χ3v) is 8.97. The molecule has 33 heavy (non-hydrogen) atoms. The van der Waals surface area contributed by atoms with Crippen LogP contribution in [0.2, 0.25) is 0 Å². The molecule has 0 saturated carbocycles. The number of benzene rings is 3. The van der Waals surface area contributed by atoms with Crippen molar-refractivity contribution in [3.05, 3.63) is 89.7 Å². The van der Waals surface area contributed by atoms with Crippen molar-refractivity contribution in [2.45, 2.75) is 19.0 Å². The fraction of sp³-hybridized carbons (Fsp3) is 0.269. The van der Waals surface area contributed by atoms with Crippen LogP contribution in [0.4, 0.5) is 0 Å². The number of thioether (sulfide) groups is 1. The number of carbonyl (C=O) groups is 1. The minimum Gasteiger partial charge on any atom is -0.486 e. The lowest BCUT2D eigenvalue weighted by molar-refractivity contribution is -0.133. The van der Waals surface area contributed by atoms with Crippen LogP contribution < -0.4 is 0 Å². The van der Waals surface area contributed by atoms with Crippen LogP contribution >= 0.6 is 11.8 Å². The first kappa shape index (κ1) is 22.0. The highest BCUT2D eigenvalue weighted by Gasteiger charge is 2.38. The average Bonchev–Trinajstić information content (AvgIpc) is 3.22. The molecule has 0 radical (unpaired) electrons. The number of hydrogen-bond donors (Lipinski definition) is 0. The molecule has 0 N–H and O–H groups in total. The zero-order valence-electron chi connectivity index (χ0n) is 18.1. The number of ether oxygens (including phenoxy) is 1. The summed E-state index contributed by atoms with van der Waals surface area (Å²) < 4.78 is 30.6. The van der Waals surface area contributed by atoms with Crippen LogP contribution in [0.25, 0.3) is 15.7 Å². The second kappa shape index (κ2) is 9.23. The van der Waals surface area contributed by atoms with Gasteiger partial charge in [-0.25, -0.2) is 8.42 Å². The van der Waals surface area contributed by atoms with E-state index in [1.54, 1.807) is 16.7 Å². The molecule has 2 heterocycles. The van der Waals surface area contributed by atoms with Gasteiger partial charge in [-0.2, -0.15) is 0 Å². The number of sulfone groups is 1. The van der Waals surface area contributed by atoms with E-state index in [2.05, 4.69) is 0 Å². The van der Waals surface area contributed by atoms with E-state index in [-0.39, 0.29) is 23.5 Å². The molecule has 5 rings (SSSR count). The van der Waals surface area contributed by atoms with E-state index in [0.29, 0.717) is 25.3 Å². The Labute approximate surface area is 198 Å². The van der Waals surface area contributed by atoms with E-state index in [9.17, 15) is 13.2 Å². The highest BCUT2D eigenvalue weighted by Crippen LogP contribution is 2.36. The highest BCUT2D eigenvalue weighted by atomic mass is 32.2. The molecule has 0 unspecified atom stereocenters. The van der Waals surface area contributed by atoms with Crippen LogP contribution in [0.15, 0.2) is 78.6 Å². The molecule has 0 spiro atoms. The maximum atomic E-state index is 14.0. The zero-order chi connectivity index (χ0) is 22.8. The van der Waals surface area contributed by atoms with E-state index >= 15 is 0 Å². The van der Waals surface area contributed by atoms with Crippen LogP contribution in [-0.4, -0.2) is 49.1 Å². The van der Waals surface area contributed by atoms with Gasteiger partial charge < -0.3 is 9.64 Å². The maximum absolute atomic E-state index is 14.0. The lowest BCUT2D eigenvalue weighted by atomic mass is 10.0. The van der Waals surface area contributed by atoms with Gasteiger partial charge in [0.15, 0.2) is 15.6 Å². The van der Waals surface area contributed by atoms with Crippen molar-refractivity contribution in [2.75, 3.05) is 23.9 Å². The van der Waals surface area contributed by atoms with Crippen LogP contribution in [0, 0.1) is 0 Å². The van der Waals surface area contributed by atoms with Gasteiger partial charge in [0.25, 0.3) is 5.91 Å². The Kier molecular flexibility index (Phi) is 6.17. The highest BCUT2D eigenvalue weighted by molar-refractivity contribution is 8.08. The molecule has 3 aromatic rings. The molecule has 2 aliphatic heterocycles. The van der Waals surface area contributed by atoms with Crippen molar-refractivity contribution in [1.82, 2.24) is 4.90 Å². The topological polar surface area (TPSA) is 63.7 Å². The molecule has 1 fully saturated rings. The standard InChI is InChI=1S/C26H25NO4S2/c28-26(24-25(32-15-14-31-24)20-8-2-1-3-9-20)27(22-13-16-33(29,30)18-22)17-21-11-6-10-19-7-4-5-12-23(19)21/h1-12,22H,13-18H2/t22-/m1/s1. The Morgan fingerprint density at radius 1 is 1.00 bits per heavy atom. The van der Waals surface area contributed by atoms with E-state index in [1.807, 2.05) is 72.8 Å². The van der Waals surface area contributed by atoms with Crippen LogP contribution in [0.1, 0.15) is 17.5 Å². The third kappa shape index (κ3) is 4.66. The molecule has 0 bridgehead atoms. The molecule has 7 heteroatoms. The van der Waals surface area contributed by atoms with Gasteiger partial charge in [-0.05, 0) is 28.3 Å². The van der Waals surface area contributed by atoms with Crippen molar-refractivity contribution >= 4 is 43.2 Å². The molecule has 5 nitrogen and oxygen atoms in total. The van der Waals surface area contributed by atoms with Gasteiger partial charge in [0, 0.05) is 18.3 Å². The molecule has 1 atom stereocenters. The molecule has 0 aromatic heterocycles. The largest absolute Gasteiger partial charge is 0.486 e. The van der Waals surface area contributed by atoms with E-state index < -0.39 is 9.84 Å². The summed E-state index contributed by atoms with van der Waals surface area (Å²) in [6, 6.07) is 23.5. The van der Waals surface area contributed by atoms with Gasteiger partial charge in [0.2, 0.25) is 0 Å². The molecular weight excluding hydrogens is 454 g/mol. The lowest BCUT2D eigenvalue weighted by Gasteiger charge is -2.31. The van der Waals surface area contributed by atoms with E-state index in [0.717, 1.165) is 32.6 Å². The van der Waals surface area contributed by atoms with Crippen LogP contribution in [0.5, 0.6) is 0 Å².